The van der Waals surface area contributed by atoms with Crippen molar-refractivity contribution in [1.29, 1.82) is 0 Å². The fraction of sp³-hybridized carbons (Fsp3) is 0.706. The Hall–Kier alpha value is -1.85. The molecule has 0 radical (unpaired) electrons. The van der Waals surface area contributed by atoms with Crippen LogP contribution in [-0.4, -0.2) is 32.4 Å². The van der Waals surface area contributed by atoms with E-state index in [0.717, 1.165) is 31.2 Å². The van der Waals surface area contributed by atoms with E-state index in [9.17, 15) is 9.59 Å². The summed E-state index contributed by atoms with van der Waals surface area (Å²) in [7, 11) is 0. The number of rotatable bonds is 5. The van der Waals surface area contributed by atoms with Gasteiger partial charge in [-0.2, -0.15) is 5.10 Å². The first kappa shape index (κ1) is 17.5. The molecule has 1 saturated carbocycles. The summed E-state index contributed by atoms with van der Waals surface area (Å²) in [5.74, 6) is -0.734. The highest BCUT2D eigenvalue weighted by Gasteiger charge is 2.27. The van der Waals surface area contributed by atoms with Crippen LogP contribution in [0.5, 0.6) is 0 Å². The maximum absolute atomic E-state index is 11.7. The summed E-state index contributed by atoms with van der Waals surface area (Å²) in [4.78, 5) is 22.7. The van der Waals surface area contributed by atoms with Crippen LogP contribution in [0, 0.1) is 5.92 Å². The molecule has 0 atom stereocenters. The Labute approximate surface area is 136 Å². The molecule has 0 aromatic carbocycles. The maximum Gasteiger partial charge on any atom is 0.308 e. The third kappa shape index (κ3) is 5.37. The first-order chi connectivity index (χ1) is 10.7. The number of hydrogen-bond donors (Lipinski definition) is 1. The summed E-state index contributed by atoms with van der Waals surface area (Å²) < 4.78 is 7.05. The minimum Gasteiger partial charge on any atom is -0.481 e. The van der Waals surface area contributed by atoms with Gasteiger partial charge in [-0.05, 0) is 57.9 Å². The van der Waals surface area contributed by atoms with Crippen LogP contribution in [0.15, 0.2) is 12.4 Å². The predicted molar refractivity (Wildman–Crippen MR) is 85.0 cm³/mol. The van der Waals surface area contributed by atoms with Crippen molar-refractivity contribution in [2.75, 3.05) is 0 Å². The quantitative estimate of drug-likeness (QED) is 0.843. The highest BCUT2D eigenvalue weighted by molar-refractivity contribution is 5.70. The molecule has 1 N–H and O–H groups in total. The number of carbonyl (C=O) groups excluding carboxylic acids is 1. The van der Waals surface area contributed by atoms with Gasteiger partial charge in [0.2, 0.25) is 0 Å². The number of nitrogens with zero attached hydrogens (tertiary/aromatic N) is 2. The highest BCUT2D eigenvalue weighted by atomic mass is 16.6. The topological polar surface area (TPSA) is 81.4 Å². The van der Waals surface area contributed by atoms with Gasteiger partial charge in [-0.3, -0.25) is 14.3 Å². The lowest BCUT2D eigenvalue weighted by Gasteiger charge is -2.25. The van der Waals surface area contributed by atoms with E-state index >= 15 is 0 Å². The first-order valence-corrected chi connectivity index (χ1v) is 8.21. The van der Waals surface area contributed by atoms with Crippen molar-refractivity contribution in [1.82, 2.24) is 9.78 Å². The van der Waals surface area contributed by atoms with Crippen molar-refractivity contribution >= 4 is 11.9 Å². The Morgan fingerprint density at radius 3 is 2.52 bits per heavy atom. The van der Waals surface area contributed by atoms with Crippen molar-refractivity contribution in [3.05, 3.63) is 18.0 Å². The number of aryl methyl sites for hydroxylation is 1. The molecule has 0 aliphatic heterocycles. The second kappa shape index (κ2) is 7.15. The van der Waals surface area contributed by atoms with Crippen LogP contribution in [0.1, 0.15) is 64.4 Å². The Bertz CT molecular complexity index is 551. The zero-order valence-electron chi connectivity index (χ0n) is 14.1. The number of hydrogen-bond acceptors (Lipinski definition) is 4. The minimum atomic E-state index is -0.684. The molecule has 6 heteroatoms. The highest BCUT2D eigenvalue weighted by Crippen LogP contribution is 2.35. The summed E-state index contributed by atoms with van der Waals surface area (Å²) in [6, 6.07) is 0. The van der Waals surface area contributed by atoms with Gasteiger partial charge in [0.15, 0.2) is 0 Å². The molecule has 2 rings (SSSR count). The van der Waals surface area contributed by atoms with E-state index in [1.165, 1.54) is 0 Å². The van der Waals surface area contributed by atoms with Crippen molar-refractivity contribution in [3.8, 4) is 0 Å². The monoisotopic (exact) mass is 322 g/mol. The van der Waals surface area contributed by atoms with E-state index in [-0.39, 0.29) is 11.9 Å². The van der Waals surface area contributed by atoms with Gasteiger partial charge in [-0.25, -0.2) is 0 Å². The van der Waals surface area contributed by atoms with Crippen LogP contribution < -0.4 is 0 Å². The Kier molecular flexibility index (Phi) is 5.44. The van der Waals surface area contributed by atoms with E-state index in [0.29, 0.717) is 18.9 Å². The number of esters is 1. The van der Waals surface area contributed by atoms with Gasteiger partial charge in [-0.15, -0.1) is 0 Å². The number of carboxylic acid groups (broad SMARTS) is 1. The van der Waals surface area contributed by atoms with E-state index in [2.05, 4.69) is 5.10 Å². The summed E-state index contributed by atoms with van der Waals surface area (Å²) in [5, 5.41) is 13.3. The van der Waals surface area contributed by atoms with Gasteiger partial charge in [-0.1, -0.05) is 0 Å². The molecule has 0 amide bonds. The fourth-order valence-electron chi connectivity index (χ4n) is 2.98. The standard InChI is InChI=1S/C17H26N2O4/c1-17(2,3)23-15(20)8-9-19-11-14(10-18-19)12-4-6-13(7-5-12)16(21)22/h10-13H,4-9H2,1-3H3,(H,21,22). The average molecular weight is 322 g/mol. The van der Waals surface area contributed by atoms with E-state index < -0.39 is 11.6 Å². The largest absolute Gasteiger partial charge is 0.481 e. The van der Waals surface area contributed by atoms with Gasteiger partial charge >= 0.3 is 11.9 Å². The van der Waals surface area contributed by atoms with Crippen LogP contribution >= 0.6 is 0 Å². The van der Waals surface area contributed by atoms with Crippen LogP contribution in [-0.2, 0) is 20.9 Å². The summed E-state index contributed by atoms with van der Waals surface area (Å²) in [6.07, 6.45) is 7.32. The molecule has 0 saturated heterocycles. The second-order valence-corrected chi connectivity index (χ2v) is 7.26. The summed E-state index contributed by atoms with van der Waals surface area (Å²) >= 11 is 0. The zero-order chi connectivity index (χ0) is 17.0. The fourth-order valence-corrected chi connectivity index (χ4v) is 2.98. The lowest BCUT2D eigenvalue weighted by Crippen LogP contribution is -2.24. The molecule has 6 nitrogen and oxygen atoms in total. The van der Waals surface area contributed by atoms with Gasteiger partial charge in [0, 0.05) is 6.20 Å². The molecular weight excluding hydrogens is 296 g/mol. The van der Waals surface area contributed by atoms with Crippen LogP contribution in [0.2, 0.25) is 0 Å². The van der Waals surface area contributed by atoms with Gasteiger partial charge in [0.05, 0.1) is 25.1 Å². The number of aromatic nitrogens is 2. The predicted octanol–water partition coefficient (Wildman–Crippen LogP) is 2.97. The van der Waals surface area contributed by atoms with Crippen LogP contribution in [0.25, 0.3) is 0 Å². The molecule has 1 aliphatic rings. The molecular formula is C17H26N2O4. The third-order valence-electron chi connectivity index (χ3n) is 4.17. The minimum absolute atomic E-state index is 0.200. The van der Waals surface area contributed by atoms with E-state index in [1.54, 1.807) is 4.68 Å². The Balaban J connectivity index is 1.82. The van der Waals surface area contributed by atoms with E-state index in [4.69, 9.17) is 9.84 Å². The van der Waals surface area contributed by atoms with Crippen LogP contribution in [0.4, 0.5) is 0 Å². The molecule has 1 aromatic rings. The van der Waals surface area contributed by atoms with E-state index in [1.807, 2.05) is 33.2 Å². The number of carbonyl (C=O) groups is 2. The van der Waals surface area contributed by atoms with Gasteiger partial charge in [0.25, 0.3) is 0 Å². The maximum atomic E-state index is 11.7. The molecule has 128 valence electrons. The first-order valence-electron chi connectivity index (χ1n) is 8.21. The Morgan fingerprint density at radius 1 is 1.30 bits per heavy atom. The van der Waals surface area contributed by atoms with Crippen molar-refractivity contribution in [2.45, 2.75) is 70.9 Å². The molecule has 0 spiro atoms. The molecule has 1 fully saturated rings. The molecule has 1 aliphatic carbocycles. The lowest BCUT2D eigenvalue weighted by molar-refractivity contribution is -0.155. The normalized spacial score (nSPS) is 21.9. The molecule has 0 unspecified atom stereocenters. The van der Waals surface area contributed by atoms with Gasteiger partial charge < -0.3 is 9.84 Å². The van der Waals surface area contributed by atoms with Crippen LogP contribution in [0.3, 0.4) is 0 Å². The average Bonchev–Trinajstić information content (AvgIpc) is 2.92. The Morgan fingerprint density at radius 2 is 1.96 bits per heavy atom. The van der Waals surface area contributed by atoms with Crippen molar-refractivity contribution < 1.29 is 19.4 Å². The van der Waals surface area contributed by atoms with Crippen molar-refractivity contribution in [3.63, 3.8) is 0 Å². The summed E-state index contributed by atoms with van der Waals surface area (Å²) in [6.45, 7) is 6.05. The SMILES string of the molecule is CC(C)(C)OC(=O)CCn1cc(C2CCC(C(=O)O)CC2)cn1. The number of aliphatic carboxylic acids is 1. The molecule has 1 aromatic heterocycles. The second-order valence-electron chi connectivity index (χ2n) is 7.26. The lowest BCUT2D eigenvalue weighted by atomic mass is 9.79. The smallest absolute Gasteiger partial charge is 0.308 e. The molecule has 0 bridgehead atoms. The number of carboxylic acids is 1. The van der Waals surface area contributed by atoms with Gasteiger partial charge in [0.1, 0.15) is 5.60 Å². The molecule has 23 heavy (non-hydrogen) atoms. The summed E-state index contributed by atoms with van der Waals surface area (Å²) in [5.41, 5.74) is 0.674. The zero-order valence-corrected chi connectivity index (χ0v) is 14.1. The number of ether oxygens (including phenoxy) is 1. The van der Waals surface area contributed by atoms with Crippen molar-refractivity contribution in [2.24, 2.45) is 5.92 Å². The molecule has 1 heterocycles. The third-order valence-corrected chi connectivity index (χ3v) is 4.17.